The Kier molecular flexibility index (Phi) is 7.42. The average molecular weight is 450 g/mol. The molecule has 1 fully saturated rings. The maximum Gasteiger partial charge on any atom is 0.277 e. The van der Waals surface area contributed by atoms with Crippen LogP contribution in [0, 0.1) is 0 Å². The molecule has 2 aromatic rings. The van der Waals surface area contributed by atoms with Crippen LogP contribution < -0.4 is 4.74 Å². The topological polar surface area (TPSA) is 62.3 Å². The number of imide groups is 1. The van der Waals surface area contributed by atoms with Crippen molar-refractivity contribution in [1.29, 1.82) is 0 Å². The Morgan fingerprint density at radius 3 is 2.33 bits per heavy atom. The number of para-hydroxylation sites is 1. The fourth-order valence-corrected chi connectivity index (χ4v) is 4.37. The van der Waals surface area contributed by atoms with Gasteiger partial charge >= 0.3 is 0 Å². The molecule has 0 spiro atoms. The number of ether oxygens (including phenoxy) is 2. The molecule has 0 aliphatic carbocycles. The van der Waals surface area contributed by atoms with Crippen LogP contribution >= 0.6 is 0 Å². The van der Waals surface area contributed by atoms with Crippen molar-refractivity contribution < 1.29 is 19.1 Å². The first-order valence-corrected chi connectivity index (χ1v) is 11.5. The standard InChI is InChI=1S/C26H31N3O4/c1-3-28(19-20-9-5-4-6-10-20)24-23(21-11-7-8-12-22(21)32-2)25(30)29(26(24)31)14-13-27-15-17-33-18-16-27/h4-12H,3,13-19H2,1-2H3. The summed E-state index contributed by atoms with van der Waals surface area (Å²) < 4.78 is 11.0. The molecule has 2 amide bonds. The van der Waals surface area contributed by atoms with Crippen LogP contribution in [0.1, 0.15) is 18.1 Å². The lowest BCUT2D eigenvalue weighted by atomic mass is 10.0. The zero-order chi connectivity index (χ0) is 23.2. The normalized spacial score (nSPS) is 17.1. The van der Waals surface area contributed by atoms with Crippen LogP contribution in [0.2, 0.25) is 0 Å². The smallest absolute Gasteiger partial charge is 0.277 e. The highest BCUT2D eigenvalue weighted by molar-refractivity contribution is 6.36. The number of carbonyl (C=O) groups is 2. The molecule has 2 aliphatic rings. The molecule has 0 N–H and O–H groups in total. The van der Waals surface area contributed by atoms with Gasteiger partial charge in [0.15, 0.2) is 0 Å². The molecular weight excluding hydrogens is 418 g/mol. The van der Waals surface area contributed by atoms with Crippen molar-refractivity contribution in [2.45, 2.75) is 13.5 Å². The largest absolute Gasteiger partial charge is 0.496 e. The second-order valence-electron chi connectivity index (χ2n) is 8.14. The molecule has 0 atom stereocenters. The van der Waals surface area contributed by atoms with E-state index in [0.29, 0.717) is 62.0 Å². The lowest BCUT2D eigenvalue weighted by molar-refractivity contribution is -0.138. The van der Waals surface area contributed by atoms with Gasteiger partial charge in [-0.25, -0.2) is 0 Å². The van der Waals surface area contributed by atoms with Crippen LogP contribution in [0.25, 0.3) is 5.57 Å². The van der Waals surface area contributed by atoms with Crippen molar-refractivity contribution in [3.05, 3.63) is 71.4 Å². The van der Waals surface area contributed by atoms with Gasteiger partial charge in [0.2, 0.25) is 0 Å². The number of hydrogen-bond donors (Lipinski definition) is 0. The lowest BCUT2D eigenvalue weighted by Gasteiger charge is -2.28. The van der Waals surface area contributed by atoms with Crippen LogP contribution in [-0.2, 0) is 20.9 Å². The van der Waals surface area contributed by atoms with Crippen molar-refractivity contribution in [2.24, 2.45) is 0 Å². The van der Waals surface area contributed by atoms with E-state index in [9.17, 15) is 9.59 Å². The third-order valence-electron chi connectivity index (χ3n) is 6.18. The second-order valence-corrected chi connectivity index (χ2v) is 8.14. The van der Waals surface area contributed by atoms with Crippen molar-refractivity contribution in [2.75, 3.05) is 53.0 Å². The molecule has 0 saturated carbocycles. The van der Waals surface area contributed by atoms with Crippen molar-refractivity contribution in [1.82, 2.24) is 14.7 Å². The van der Waals surface area contributed by atoms with Crippen LogP contribution in [0.4, 0.5) is 0 Å². The minimum atomic E-state index is -0.265. The number of hydrogen-bond acceptors (Lipinski definition) is 6. The zero-order valence-electron chi connectivity index (χ0n) is 19.3. The third-order valence-corrected chi connectivity index (χ3v) is 6.18. The van der Waals surface area contributed by atoms with Gasteiger partial charge in [-0.1, -0.05) is 48.5 Å². The van der Waals surface area contributed by atoms with Gasteiger partial charge in [-0.2, -0.15) is 0 Å². The first-order chi connectivity index (χ1) is 16.1. The number of morpholine rings is 1. The predicted octanol–water partition coefficient (Wildman–Crippen LogP) is 2.63. The van der Waals surface area contributed by atoms with Crippen molar-refractivity contribution >= 4 is 17.4 Å². The molecule has 4 rings (SSSR count). The number of benzene rings is 2. The Morgan fingerprint density at radius 1 is 0.939 bits per heavy atom. The number of likely N-dealkylation sites (N-methyl/N-ethyl adjacent to an activating group) is 1. The van der Waals surface area contributed by atoms with Gasteiger partial charge in [0.05, 0.1) is 25.9 Å². The van der Waals surface area contributed by atoms with Crippen molar-refractivity contribution in [3.63, 3.8) is 0 Å². The molecule has 0 bridgehead atoms. The SMILES string of the molecule is CCN(Cc1ccccc1)C1=C(c2ccccc2OC)C(=O)N(CCN2CCOCC2)C1=O. The molecule has 2 aliphatic heterocycles. The molecule has 7 heteroatoms. The Hall–Kier alpha value is -3.16. The quantitative estimate of drug-likeness (QED) is 0.549. The van der Waals surface area contributed by atoms with Crippen LogP contribution in [-0.4, -0.2) is 79.6 Å². The van der Waals surface area contributed by atoms with E-state index in [0.717, 1.165) is 18.7 Å². The van der Waals surface area contributed by atoms with Crippen molar-refractivity contribution in [3.8, 4) is 5.75 Å². The van der Waals surface area contributed by atoms with E-state index in [-0.39, 0.29) is 11.8 Å². The number of nitrogens with zero attached hydrogens (tertiary/aromatic N) is 3. The molecule has 2 aromatic carbocycles. The minimum absolute atomic E-state index is 0.244. The first-order valence-electron chi connectivity index (χ1n) is 11.5. The lowest BCUT2D eigenvalue weighted by Crippen LogP contribution is -2.44. The Bertz CT molecular complexity index is 1020. The molecule has 1 saturated heterocycles. The summed E-state index contributed by atoms with van der Waals surface area (Å²) in [4.78, 5) is 33.0. The van der Waals surface area contributed by atoms with E-state index in [2.05, 4.69) is 4.90 Å². The van der Waals surface area contributed by atoms with E-state index >= 15 is 0 Å². The fourth-order valence-electron chi connectivity index (χ4n) is 4.37. The molecule has 0 unspecified atom stereocenters. The predicted molar refractivity (Wildman–Crippen MR) is 126 cm³/mol. The van der Waals surface area contributed by atoms with Gasteiger partial charge in [-0.3, -0.25) is 19.4 Å². The van der Waals surface area contributed by atoms with Gasteiger partial charge in [0, 0.05) is 44.8 Å². The third kappa shape index (κ3) is 4.94. The van der Waals surface area contributed by atoms with E-state index in [1.165, 1.54) is 4.90 Å². The number of amides is 2. The molecule has 33 heavy (non-hydrogen) atoms. The summed E-state index contributed by atoms with van der Waals surface area (Å²) in [5.41, 5.74) is 2.59. The second kappa shape index (κ2) is 10.6. The minimum Gasteiger partial charge on any atom is -0.496 e. The van der Waals surface area contributed by atoms with Crippen LogP contribution in [0.3, 0.4) is 0 Å². The van der Waals surface area contributed by atoms with E-state index in [1.54, 1.807) is 7.11 Å². The Balaban J connectivity index is 1.69. The molecule has 7 nitrogen and oxygen atoms in total. The van der Waals surface area contributed by atoms with E-state index in [4.69, 9.17) is 9.47 Å². The summed E-state index contributed by atoms with van der Waals surface area (Å²) >= 11 is 0. The number of carbonyl (C=O) groups excluding carboxylic acids is 2. The molecule has 0 aromatic heterocycles. The Labute approximate surface area is 195 Å². The summed E-state index contributed by atoms with van der Waals surface area (Å²) in [5, 5.41) is 0. The molecule has 2 heterocycles. The van der Waals surface area contributed by atoms with E-state index in [1.807, 2.05) is 66.4 Å². The van der Waals surface area contributed by atoms with E-state index < -0.39 is 0 Å². The van der Waals surface area contributed by atoms with Gasteiger partial charge in [0.1, 0.15) is 11.4 Å². The van der Waals surface area contributed by atoms with Gasteiger partial charge in [-0.05, 0) is 18.6 Å². The summed E-state index contributed by atoms with van der Waals surface area (Å²) in [7, 11) is 1.58. The highest BCUT2D eigenvalue weighted by Crippen LogP contribution is 2.36. The van der Waals surface area contributed by atoms with Crippen LogP contribution in [0.15, 0.2) is 60.3 Å². The summed E-state index contributed by atoms with van der Waals surface area (Å²) in [5.74, 6) is 0.0724. The summed E-state index contributed by atoms with van der Waals surface area (Å²) in [6.45, 7) is 7.11. The number of rotatable bonds is 9. The summed E-state index contributed by atoms with van der Waals surface area (Å²) in [6.07, 6.45) is 0. The highest BCUT2D eigenvalue weighted by Gasteiger charge is 2.42. The maximum absolute atomic E-state index is 13.7. The number of methoxy groups -OCH3 is 1. The highest BCUT2D eigenvalue weighted by atomic mass is 16.5. The molecule has 0 radical (unpaired) electrons. The zero-order valence-corrected chi connectivity index (χ0v) is 19.3. The maximum atomic E-state index is 13.7. The van der Waals surface area contributed by atoms with Gasteiger partial charge < -0.3 is 14.4 Å². The van der Waals surface area contributed by atoms with Crippen LogP contribution in [0.5, 0.6) is 5.75 Å². The fraction of sp³-hybridized carbons (Fsp3) is 0.385. The summed E-state index contributed by atoms with van der Waals surface area (Å²) in [6, 6.07) is 17.4. The Morgan fingerprint density at radius 2 is 1.64 bits per heavy atom. The monoisotopic (exact) mass is 449 g/mol. The van der Waals surface area contributed by atoms with Gasteiger partial charge in [0.25, 0.3) is 11.8 Å². The molecule has 174 valence electrons. The first kappa shape index (κ1) is 23.0. The van der Waals surface area contributed by atoms with Gasteiger partial charge in [-0.15, -0.1) is 0 Å². The average Bonchev–Trinajstić information content (AvgIpc) is 3.11. The molecular formula is C26H31N3O4.